The zero-order valence-electron chi connectivity index (χ0n) is 11.5. The highest BCUT2D eigenvalue weighted by atomic mass is 16.5. The van der Waals surface area contributed by atoms with Gasteiger partial charge < -0.3 is 30.0 Å². The number of aliphatic imine (C=N–C) groups is 1. The number of benzene rings is 1. The van der Waals surface area contributed by atoms with Crippen LogP contribution >= 0.6 is 0 Å². The lowest BCUT2D eigenvalue weighted by Crippen LogP contribution is -2.45. The number of carbonyl (C=O) groups excluding carboxylic acids is 1. The summed E-state index contributed by atoms with van der Waals surface area (Å²) in [6.45, 7) is -0.730. The van der Waals surface area contributed by atoms with Gasteiger partial charge in [0, 0.05) is 6.21 Å². The van der Waals surface area contributed by atoms with Gasteiger partial charge in [-0.1, -0.05) is 0 Å². The van der Waals surface area contributed by atoms with E-state index in [2.05, 4.69) is 4.99 Å². The molecule has 0 radical (unpaired) electrons. The smallest absolute Gasteiger partial charge is 0.147 e. The number of aliphatic hydroxyl groups is 4. The van der Waals surface area contributed by atoms with E-state index in [1.807, 2.05) is 0 Å². The van der Waals surface area contributed by atoms with E-state index < -0.39 is 31.0 Å². The Morgan fingerprint density at radius 1 is 1.19 bits per heavy atom. The van der Waals surface area contributed by atoms with Gasteiger partial charge in [-0.15, -0.1) is 0 Å². The molecule has 0 spiro atoms. The zero-order chi connectivity index (χ0) is 15.8. The second kappa shape index (κ2) is 8.48. The SMILES string of the molecule is COc1ccc(C=N[C@H](C=O)[C@@H](O)[C@H](O)[C@H](O)CO)cc1. The van der Waals surface area contributed by atoms with Crippen molar-refractivity contribution in [1.82, 2.24) is 0 Å². The fourth-order valence-electron chi connectivity index (χ4n) is 1.60. The highest BCUT2D eigenvalue weighted by Gasteiger charge is 2.30. The third-order valence-corrected chi connectivity index (χ3v) is 2.93. The maximum atomic E-state index is 10.9. The molecule has 0 amide bonds. The summed E-state index contributed by atoms with van der Waals surface area (Å²) in [6, 6.07) is 5.57. The van der Waals surface area contributed by atoms with E-state index in [9.17, 15) is 20.1 Å². The first-order chi connectivity index (χ1) is 10.0. The molecule has 1 rings (SSSR count). The summed E-state index contributed by atoms with van der Waals surface area (Å²) < 4.78 is 5.00. The van der Waals surface area contributed by atoms with Crippen molar-refractivity contribution < 1.29 is 30.0 Å². The van der Waals surface area contributed by atoms with E-state index in [-0.39, 0.29) is 0 Å². The minimum absolute atomic E-state index is 0.359. The number of aliphatic hydroxyl groups excluding tert-OH is 4. The van der Waals surface area contributed by atoms with Crippen molar-refractivity contribution in [2.24, 2.45) is 4.99 Å². The van der Waals surface area contributed by atoms with Crippen LogP contribution in [0.5, 0.6) is 5.75 Å². The summed E-state index contributed by atoms with van der Waals surface area (Å²) in [5, 5.41) is 37.2. The van der Waals surface area contributed by atoms with Gasteiger partial charge in [0.1, 0.15) is 36.4 Å². The Balaban J connectivity index is 2.75. The number of nitrogens with zero attached hydrogens (tertiary/aromatic N) is 1. The van der Waals surface area contributed by atoms with Crippen LogP contribution in [0.2, 0.25) is 0 Å². The largest absolute Gasteiger partial charge is 0.497 e. The number of ether oxygens (including phenoxy) is 1. The molecule has 0 fully saturated rings. The highest BCUT2D eigenvalue weighted by Crippen LogP contribution is 2.11. The fraction of sp³-hybridized carbons (Fsp3) is 0.429. The summed E-state index contributed by atoms with van der Waals surface area (Å²) in [6.07, 6.45) is -3.10. The second-order valence-electron chi connectivity index (χ2n) is 4.41. The molecular formula is C14H19NO6. The summed E-state index contributed by atoms with van der Waals surface area (Å²) in [4.78, 5) is 14.8. The second-order valence-corrected chi connectivity index (χ2v) is 4.41. The Morgan fingerprint density at radius 3 is 2.29 bits per heavy atom. The third-order valence-electron chi connectivity index (χ3n) is 2.93. The first-order valence-electron chi connectivity index (χ1n) is 6.31. The first kappa shape index (κ1) is 17.3. The summed E-state index contributed by atoms with van der Waals surface area (Å²) in [5.74, 6) is 0.667. The molecule has 0 heterocycles. The van der Waals surface area contributed by atoms with Crippen molar-refractivity contribution in [3.63, 3.8) is 0 Å². The molecule has 7 nitrogen and oxygen atoms in total. The third kappa shape index (κ3) is 4.91. The molecular weight excluding hydrogens is 278 g/mol. The number of aldehydes is 1. The Hall–Kier alpha value is -1.80. The number of rotatable bonds is 8. The van der Waals surface area contributed by atoms with Gasteiger partial charge >= 0.3 is 0 Å². The maximum absolute atomic E-state index is 10.9. The number of methoxy groups -OCH3 is 1. The van der Waals surface area contributed by atoms with E-state index in [0.717, 1.165) is 0 Å². The van der Waals surface area contributed by atoms with Gasteiger partial charge in [-0.2, -0.15) is 0 Å². The molecule has 0 unspecified atom stereocenters. The van der Waals surface area contributed by atoms with Crippen LogP contribution in [0.1, 0.15) is 5.56 Å². The molecule has 0 aliphatic rings. The number of hydrogen-bond donors (Lipinski definition) is 4. The van der Waals surface area contributed by atoms with Gasteiger partial charge in [-0.3, -0.25) is 4.99 Å². The maximum Gasteiger partial charge on any atom is 0.147 e. The minimum atomic E-state index is -1.67. The van der Waals surface area contributed by atoms with Crippen LogP contribution in [0.25, 0.3) is 0 Å². The van der Waals surface area contributed by atoms with Gasteiger partial charge in [0.15, 0.2) is 0 Å². The molecule has 4 N–H and O–H groups in total. The molecule has 1 aromatic rings. The lowest BCUT2D eigenvalue weighted by Gasteiger charge is -2.23. The minimum Gasteiger partial charge on any atom is -0.497 e. The van der Waals surface area contributed by atoms with Gasteiger partial charge in [0.2, 0.25) is 0 Å². The molecule has 0 aliphatic heterocycles. The highest BCUT2D eigenvalue weighted by molar-refractivity contribution is 5.81. The summed E-state index contributed by atoms with van der Waals surface area (Å²) >= 11 is 0. The van der Waals surface area contributed by atoms with E-state index in [1.54, 1.807) is 24.3 Å². The molecule has 0 bridgehead atoms. The monoisotopic (exact) mass is 297 g/mol. The van der Waals surface area contributed by atoms with E-state index in [0.29, 0.717) is 17.6 Å². The molecule has 0 saturated carbocycles. The van der Waals surface area contributed by atoms with Gasteiger partial charge in [0.05, 0.1) is 13.7 Å². The van der Waals surface area contributed by atoms with Crippen LogP contribution in [0, 0.1) is 0 Å². The topological polar surface area (TPSA) is 120 Å². The van der Waals surface area contributed by atoms with Crippen LogP contribution in [0.4, 0.5) is 0 Å². The Morgan fingerprint density at radius 2 is 1.81 bits per heavy atom. The lowest BCUT2D eigenvalue weighted by molar-refractivity contribution is -0.118. The van der Waals surface area contributed by atoms with E-state index in [1.165, 1.54) is 13.3 Å². The van der Waals surface area contributed by atoms with Gasteiger partial charge in [0.25, 0.3) is 0 Å². The zero-order valence-corrected chi connectivity index (χ0v) is 11.5. The van der Waals surface area contributed by atoms with Gasteiger partial charge in [-0.05, 0) is 29.8 Å². The number of hydrogen-bond acceptors (Lipinski definition) is 7. The average Bonchev–Trinajstić information content (AvgIpc) is 2.54. The van der Waals surface area contributed by atoms with E-state index >= 15 is 0 Å². The Labute approximate surface area is 122 Å². The van der Waals surface area contributed by atoms with Crippen molar-refractivity contribution in [2.45, 2.75) is 24.4 Å². The molecule has 0 saturated heterocycles. The standard InChI is InChI=1S/C14H19NO6/c1-21-10-4-2-9(3-5-10)6-15-11(7-16)13(19)14(20)12(18)8-17/h2-7,11-14,17-20H,8H2,1H3/t11-,12-,13-,14-/m1/s1. The van der Waals surface area contributed by atoms with Crippen molar-refractivity contribution in [2.75, 3.05) is 13.7 Å². The number of carbonyl (C=O) groups is 1. The normalized spacial score (nSPS) is 17.2. The van der Waals surface area contributed by atoms with Crippen molar-refractivity contribution in [1.29, 1.82) is 0 Å². The first-order valence-corrected chi connectivity index (χ1v) is 6.31. The van der Waals surface area contributed by atoms with Crippen LogP contribution in [0.3, 0.4) is 0 Å². The Bertz CT molecular complexity index is 461. The molecule has 116 valence electrons. The molecule has 1 aromatic carbocycles. The van der Waals surface area contributed by atoms with Gasteiger partial charge in [-0.25, -0.2) is 0 Å². The molecule has 4 atom stereocenters. The molecule has 7 heteroatoms. The predicted octanol–water partition coefficient (Wildman–Crippen LogP) is -1.24. The molecule has 0 aliphatic carbocycles. The van der Waals surface area contributed by atoms with Crippen molar-refractivity contribution >= 4 is 12.5 Å². The van der Waals surface area contributed by atoms with E-state index in [4.69, 9.17) is 9.84 Å². The lowest BCUT2D eigenvalue weighted by atomic mass is 10.0. The Kier molecular flexibility index (Phi) is 6.97. The van der Waals surface area contributed by atoms with Crippen LogP contribution in [-0.4, -0.2) is 71.0 Å². The van der Waals surface area contributed by atoms with Crippen molar-refractivity contribution in [3.05, 3.63) is 29.8 Å². The van der Waals surface area contributed by atoms with Crippen LogP contribution < -0.4 is 4.74 Å². The summed E-state index contributed by atoms with van der Waals surface area (Å²) in [7, 11) is 1.54. The molecule has 21 heavy (non-hydrogen) atoms. The average molecular weight is 297 g/mol. The quantitative estimate of drug-likeness (QED) is 0.352. The molecule has 0 aromatic heterocycles. The predicted molar refractivity (Wildman–Crippen MR) is 75.5 cm³/mol. The summed E-state index contributed by atoms with van der Waals surface area (Å²) in [5.41, 5.74) is 0.673. The van der Waals surface area contributed by atoms with Crippen LogP contribution in [-0.2, 0) is 4.79 Å². The van der Waals surface area contributed by atoms with Crippen molar-refractivity contribution in [3.8, 4) is 5.75 Å². The van der Waals surface area contributed by atoms with Crippen LogP contribution in [0.15, 0.2) is 29.3 Å². The fourth-order valence-corrected chi connectivity index (χ4v) is 1.60.